The summed E-state index contributed by atoms with van der Waals surface area (Å²) in [5, 5.41) is 0. The number of carbonyl (C=O) groups is 2. The molecule has 2 fully saturated rings. The lowest BCUT2D eigenvalue weighted by Crippen LogP contribution is -2.48. The second kappa shape index (κ2) is 8.73. The molecule has 1 aromatic heterocycles. The molecule has 0 radical (unpaired) electrons. The molecule has 0 unspecified atom stereocenters. The number of halogens is 1. The Kier molecular flexibility index (Phi) is 6.03. The first-order valence-electron chi connectivity index (χ1n) is 11.1. The van der Waals surface area contributed by atoms with Gasteiger partial charge in [0.1, 0.15) is 11.6 Å². The summed E-state index contributed by atoms with van der Waals surface area (Å²) in [7, 11) is 0. The quantitative estimate of drug-likeness (QED) is 0.797. The number of primary amides is 1. The zero-order valence-electron chi connectivity index (χ0n) is 17.9. The van der Waals surface area contributed by atoms with Crippen LogP contribution in [0.1, 0.15) is 66.0 Å². The molecule has 2 N–H and O–H groups in total. The maximum atomic E-state index is 13.9. The van der Waals surface area contributed by atoms with E-state index in [4.69, 9.17) is 5.73 Å². The largest absolute Gasteiger partial charge is 0.365 e. The van der Waals surface area contributed by atoms with Crippen molar-refractivity contribution in [1.82, 2.24) is 14.9 Å². The van der Waals surface area contributed by atoms with E-state index in [-0.39, 0.29) is 11.7 Å². The molecule has 0 bridgehead atoms. The van der Waals surface area contributed by atoms with E-state index in [0.717, 1.165) is 44.1 Å². The number of benzene rings is 1. The van der Waals surface area contributed by atoms with Gasteiger partial charge in [0.15, 0.2) is 0 Å². The van der Waals surface area contributed by atoms with E-state index in [2.05, 4.69) is 9.97 Å². The Morgan fingerprint density at radius 2 is 1.94 bits per heavy atom. The van der Waals surface area contributed by atoms with Crippen LogP contribution in [-0.4, -0.2) is 39.8 Å². The maximum Gasteiger partial charge on any atom is 0.252 e. The Labute approximate surface area is 182 Å². The van der Waals surface area contributed by atoms with Crippen LogP contribution in [-0.2, 0) is 16.6 Å². The lowest BCUT2D eigenvalue weighted by atomic mass is 9.76. The van der Waals surface area contributed by atoms with Crippen LogP contribution in [0, 0.1) is 18.7 Å². The van der Waals surface area contributed by atoms with Crippen molar-refractivity contribution in [3.63, 3.8) is 0 Å². The van der Waals surface area contributed by atoms with Crippen molar-refractivity contribution in [3.8, 4) is 0 Å². The summed E-state index contributed by atoms with van der Waals surface area (Å²) in [6.07, 6.45) is 7.36. The van der Waals surface area contributed by atoms with Crippen LogP contribution in [0.4, 0.5) is 4.39 Å². The first-order valence-corrected chi connectivity index (χ1v) is 11.1. The van der Waals surface area contributed by atoms with E-state index in [1.54, 1.807) is 13.0 Å². The monoisotopic (exact) mass is 424 g/mol. The van der Waals surface area contributed by atoms with Crippen LogP contribution < -0.4 is 5.73 Å². The molecule has 2 heterocycles. The molecule has 1 aliphatic heterocycles. The fourth-order valence-electron chi connectivity index (χ4n) is 5.19. The predicted octanol–water partition coefficient (Wildman–Crippen LogP) is 3.32. The number of carbonyl (C=O) groups excluding carboxylic acids is 2. The third-order valence-electron chi connectivity index (χ3n) is 6.88. The van der Waals surface area contributed by atoms with Gasteiger partial charge in [0.25, 0.3) is 5.91 Å². The molecule has 6 nitrogen and oxygen atoms in total. The summed E-state index contributed by atoms with van der Waals surface area (Å²) >= 11 is 0. The zero-order valence-corrected chi connectivity index (χ0v) is 17.9. The minimum Gasteiger partial charge on any atom is -0.365 e. The number of aryl methyl sites for hydroxylation is 1. The third-order valence-corrected chi connectivity index (χ3v) is 6.88. The minimum absolute atomic E-state index is 0.129. The van der Waals surface area contributed by atoms with Gasteiger partial charge in [0.05, 0.1) is 16.7 Å². The molecule has 1 saturated heterocycles. The van der Waals surface area contributed by atoms with Crippen LogP contribution in [0.3, 0.4) is 0 Å². The second-order valence-corrected chi connectivity index (χ2v) is 8.88. The van der Waals surface area contributed by atoms with Crippen molar-refractivity contribution >= 4 is 11.8 Å². The highest BCUT2D eigenvalue weighted by Crippen LogP contribution is 2.43. The van der Waals surface area contributed by atoms with E-state index in [0.29, 0.717) is 42.5 Å². The van der Waals surface area contributed by atoms with E-state index in [1.807, 2.05) is 11.0 Å². The third kappa shape index (κ3) is 4.31. The molecule has 1 aromatic carbocycles. The first kappa shape index (κ1) is 21.4. The lowest BCUT2D eigenvalue weighted by molar-refractivity contribution is -0.138. The molecule has 31 heavy (non-hydrogen) atoms. The van der Waals surface area contributed by atoms with E-state index >= 15 is 0 Å². The average molecular weight is 425 g/mol. The Morgan fingerprint density at radius 1 is 1.23 bits per heavy atom. The van der Waals surface area contributed by atoms with Crippen molar-refractivity contribution in [3.05, 3.63) is 58.9 Å². The summed E-state index contributed by atoms with van der Waals surface area (Å²) in [5.41, 5.74) is 6.76. The van der Waals surface area contributed by atoms with Crippen LogP contribution in [0.25, 0.3) is 0 Å². The zero-order chi connectivity index (χ0) is 22.0. The van der Waals surface area contributed by atoms with Gasteiger partial charge in [-0.15, -0.1) is 0 Å². The van der Waals surface area contributed by atoms with Gasteiger partial charge in [-0.1, -0.05) is 25.0 Å². The molecule has 2 aromatic rings. The Morgan fingerprint density at radius 3 is 2.58 bits per heavy atom. The molecule has 2 aliphatic rings. The van der Waals surface area contributed by atoms with Gasteiger partial charge < -0.3 is 10.6 Å². The van der Waals surface area contributed by atoms with Crippen LogP contribution in [0.15, 0.2) is 30.5 Å². The summed E-state index contributed by atoms with van der Waals surface area (Å²) < 4.78 is 13.9. The fraction of sp³-hybridized carbons (Fsp3) is 0.500. The molecule has 0 spiro atoms. The van der Waals surface area contributed by atoms with E-state index in [1.165, 1.54) is 18.3 Å². The average Bonchev–Trinajstić information content (AvgIpc) is 3.25. The number of aromatic nitrogens is 2. The molecule has 1 aliphatic carbocycles. The van der Waals surface area contributed by atoms with Crippen molar-refractivity contribution in [1.29, 1.82) is 0 Å². The van der Waals surface area contributed by atoms with Crippen LogP contribution in [0.5, 0.6) is 0 Å². The number of nitrogens with two attached hydrogens (primary N) is 1. The minimum atomic E-state index is -0.599. The number of rotatable bonds is 5. The second-order valence-electron chi connectivity index (χ2n) is 8.88. The predicted molar refractivity (Wildman–Crippen MR) is 115 cm³/mol. The number of hydrogen-bond acceptors (Lipinski definition) is 4. The van der Waals surface area contributed by atoms with Gasteiger partial charge in [0.2, 0.25) is 5.91 Å². The number of piperidine rings is 1. The van der Waals surface area contributed by atoms with Crippen molar-refractivity contribution in [2.45, 2.75) is 57.3 Å². The normalized spacial score (nSPS) is 18.8. The van der Waals surface area contributed by atoms with Crippen molar-refractivity contribution < 1.29 is 14.0 Å². The number of hydrogen-bond donors (Lipinski definition) is 1. The molecule has 164 valence electrons. The highest BCUT2D eigenvalue weighted by atomic mass is 19.1. The molecule has 0 atom stereocenters. The van der Waals surface area contributed by atoms with Crippen LogP contribution >= 0.6 is 0 Å². The fourth-order valence-corrected chi connectivity index (χ4v) is 5.19. The highest BCUT2D eigenvalue weighted by Gasteiger charge is 2.45. The van der Waals surface area contributed by atoms with Gasteiger partial charge in [-0.25, -0.2) is 14.4 Å². The highest BCUT2D eigenvalue weighted by molar-refractivity contribution is 5.93. The Balaban J connectivity index is 1.46. The van der Waals surface area contributed by atoms with Gasteiger partial charge in [-0.3, -0.25) is 9.59 Å². The van der Waals surface area contributed by atoms with Crippen molar-refractivity contribution in [2.75, 3.05) is 13.1 Å². The first-order chi connectivity index (χ1) is 14.9. The number of nitrogens with zero attached hydrogens (tertiary/aromatic N) is 3. The van der Waals surface area contributed by atoms with Gasteiger partial charge in [-0.05, 0) is 62.6 Å². The summed E-state index contributed by atoms with van der Waals surface area (Å²) in [6.45, 7) is 3.12. The summed E-state index contributed by atoms with van der Waals surface area (Å²) in [5.74, 6) is 0.266. The topological polar surface area (TPSA) is 89.2 Å². The Bertz CT molecular complexity index is 979. The molecule has 2 amide bonds. The SMILES string of the molecule is Cc1ncc(C(N)=O)c(CC2CCN(C(=O)C3(c4cccc(F)c4)CCCC3)CC2)n1. The summed E-state index contributed by atoms with van der Waals surface area (Å²) in [4.78, 5) is 35.8. The maximum absolute atomic E-state index is 13.9. The van der Waals surface area contributed by atoms with E-state index in [9.17, 15) is 14.0 Å². The smallest absolute Gasteiger partial charge is 0.252 e. The molecule has 1 saturated carbocycles. The van der Waals surface area contributed by atoms with Gasteiger partial charge >= 0.3 is 0 Å². The number of likely N-dealkylation sites (tertiary alicyclic amines) is 1. The molecular weight excluding hydrogens is 395 g/mol. The lowest BCUT2D eigenvalue weighted by Gasteiger charge is -2.39. The Hall–Kier alpha value is -2.83. The molecule has 7 heteroatoms. The molecule has 4 rings (SSSR count). The van der Waals surface area contributed by atoms with Gasteiger partial charge in [-0.2, -0.15) is 0 Å². The number of amides is 2. The summed E-state index contributed by atoms with van der Waals surface area (Å²) in [6, 6.07) is 6.54. The van der Waals surface area contributed by atoms with Crippen molar-refractivity contribution in [2.24, 2.45) is 11.7 Å². The molecular formula is C24H29FN4O2. The standard InChI is InChI=1S/C24H29FN4O2/c1-16-27-15-20(22(26)30)21(28-16)13-17-7-11-29(12-8-17)23(31)24(9-2-3-10-24)18-5-4-6-19(25)14-18/h4-6,14-15,17H,2-3,7-13H2,1H3,(H2,26,30). The van der Waals surface area contributed by atoms with Crippen LogP contribution in [0.2, 0.25) is 0 Å². The van der Waals surface area contributed by atoms with E-state index < -0.39 is 11.3 Å². The van der Waals surface area contributed by atoms with Gasteiger partial charge in [0, 0.05) is 19.3 Å².